The molecule has 114 valence electrons. The molecule has 1 aromatic rings. The van der Waals surface area contributed by atoms with Crippen LogP contribution in [0.4, 0.5) is 5.69 Å². The van der Waals surface area contributed by atoms with Gasteiger partial charge >= 0.3 is 0 Å². The summed E-state index contributed by atoms with van der Waals surface area (Å²) in [7, 11) is 0. The topological polar surface area (TPSA) is 84.7 Å². The lowest BCUT2D eigenvalue weighted by atomic mass is 10.1. The van der Waals surface area contributed by atoms with Crippen LogP contribution in [0.15, 0.2) is 24.3 Å². The Kier molecular flexibility index (Phi) is 4.47. The van der Waals surface area contributed by atoms with E-state index in [1.807, 2.05) is 24.3 Å². The number of nitrogens with one attached hydrogen (secondary N) is 1. The van der Waals surface area contributed by atoms with E-state index < -0.39 is 5.54 Å². The second-order valence-electron chi connectivity index (χ2n) is 5.63. The maximum Gasteiger partial charge on any atom is 0.265 e. The van der Waals surface area contributed by atoms with Crippen molar-refractivity contribution in [2.24, 2.45) is 5.73 Å². The Morgan fingerprint density at radius 2 is 2.14 bits per heavy atom. The summed E-state index contributed by atoms with van der Waals surface area (Å²) in [5.74, 6) is 0.444. The van der Waals surface area contributed by atoms with Crippen molar-refractivity contribution in [1.29, 1.82) is 0 Å². The summed E-state index contributed by atoms with van der Waals surface area (Å²) in [5, 5.41) is 2.77. The van der Waals surface area contributed by atoms with Gasteiger partial charge in [-0.1, -0.05) is 12.1 Å². The van der Waals surface area contributed by atoms with Gasteiger partial charge in [-0.2, -0.15) is 0 Å². The van der Waals surface area contributed by atoms with Crippen LogP contribution in [0.25, 0.3) is 0 Å². The zero-order valence-electron chi connectivity index (χ0n) is 12.4. The number of nitrogens with zero attached hydrogens (tertiary/aromatic N) is 1. The van der Waals surface area contributed by atoms with E-state index in [1.54, 1.807) is 18.7 Å². The number of para-hydroxylation sites is 2. The molecule has 0 unspecified atom stereocenters. The number of benzene rings is 1. The zero-order valence-corrected chi connectivity index (χ0v) is 12.4. The molecule has 6 nitrogen and oxygen atoms in total. The number of amides is 2. The van der Waals surface area contributed by atoms with Gasteiger partial charge in [-0.15, -0.1) is 0 Å². The molecule has 0 fully saturated rings. The molecule has 0 saturated heterocycles. The van der Waals surface area contributed by atoms with Crippen LogP contribution in [-0.2, 0) is 9.59 Å². The van der Waals surface area contributed by atoms with Crippen molar-refractivity contribution in [3.8, 4) is 5.75 Å². The molecule has 6 heteroatoms. The van der Waals surface area contributed by atoms with Crippen LogP contribution in [0.5, 0.6) is 5.75 Å². The highest BCUT2D eigenvalue weighted by Crippen LogP contribution is 2.31. The minimum absolute atomic E-state index is 0.0548. The van der Waals surface area contributed by atoms with E-state index in [4.69, 9.17) is 10.5 Å². The molecule has 0 aliphatic carbocycles. The summed E-state index contributed by atoms with van der Waals surface area (Å²) in [6.07, 6.45) is 0.655. The average molecular weight is 291 g/mol. The first kappa shape index (κ1) is 15.3. The standard InChI is InChI=1S/C15H21N3O3/c1-15(2,16)14(20)17-8-5-9-18-11-6-3-4-7-12(11)21-10-13(18)19/h3-4,6-7H,5,8-10,16H2,1-2H3,(H,17,20). The van der Waals surface area contributed by atoms with Gasteiger partial charge in [0.2, 0.25) is 5.91 Å². The van der Waals surface area contributed by atoms with Gasteiger partial charge in [0.05, 0.1) is 11.2 Å². The zero-order chi connectivity index (χ0) is 15.5. The van der Waals surface area contributed by atoms with Crippen LogP contribution >= 0.6 is 0 Å². The first-order valence-electron chi connectivity index (χ1n) is 6.99. The third kappa shape index (κ3) is 3.72. The maximum absolute atomic E-state index is 11.9. The van der Waals surface area contributed by atoms with Gasteiger partial charge in [0, 0.05) is 13.1 Å². The molecule has 21 heavy (non-hydrogen) atoms. The van der Waals surface area contributed by atoms with Crippen LogP contribution in [0.3, 0.4) is 0 Å². The molecular weight excluding hydrogens is 270 g/mol. The van der Waals surface area contributed by atoms with Crippen molar-refractivity contribution >= 4 is 17.5 Å². The smallest absolute Gasteiger partial charge is 0.265 e. The average Bonchev–Trinajstić information content (AvgIpc) is 2.44. The predicted octanol–water partition coefficient (Wildman–Crippen LogP) is 0.656. The number of rotatable bonds is 5. The van der Waals surface area contributed by atoms with Crippen LogP contribution in [-0.4, -0.2) is 37.0 Å². The Labute approximate surface area is 124 Å². The third-order valence-corrected chi connectivity index (χ3v) is 3.24. The van der Waals surface area contributed by atoms with E-state index in [9.17, 15) is 9.59 Å². The van der Waals surface area contributed by atoms with Gasteiger partial charge in [0.25, 0.3) is 5.91 Å². The third-order valence-electron chi connectivity index (χ3n) is 3.24. The Hall–Kier alpha value is -2.08. The van der Waals surface area contributed by atoms with Crippen molar-refractivity contribution in [2.45, 2.75) is 25.8 Å². The SMILES string of the molecule is CC(C)(N)C(=O)NCCCN1C(=O)COc2ccccc21. The van der Waals surface area contributed by atoms with Gasteiger partial charge in [-0.05, 0) is 32.4 Å². The molecule has 1 heterocycles. The highest BCUT2D eigenvalue weighted by molar-refractivity contribution is 5.97. The molecule has 3 N–H and O–H groups in total. The number of ether oxygens (including phenoxy) is 1. The largest absolute Gasteiger partial charge is 0.482 e. The van der Waals surface area contributed by atoms with Gasteiger partial charge in [0.15, 0.2) is 6.61 Å². The lowest BCUT2D eigenvalue weighted by Gasteiger charge is -2.29. The van der Waals surface area contributed by atoms with E-state index in [0.717, 1.165) is 5.69 Å². The molecule has 2 rings (SSSR count). The maximum atomic E-state index is 11.9. The molecule has 1 aliphatic heterocycles. The predicted molar refractivity (Wildman–Crippen MR) is 80.2 cm³/mol. The van der Waals surface area contributed by atoms with Gasteiger partial charge < -0.3 is 20.7 Å². The summed E-state index contributed by atoms with van der Waals surface area (Å²) in [5.41, 5.74) is 5.59. The number of hydrogen-bond donors (Lipinski definition) is 2. The first-order chi connectivity index (χ1) is 9.89. The summed E-state index contributed by atoms with van der Waals surface area (Å²) < 4.78 is 5.38. The van der Waals surface area contributed by atoms with E-state index in [0.29, 0.717) is 25.3 Å². The van der Waals surface area contributed by atoms with Gasteiger partial charge in [-0.25, -0.2) is 0 Å². The van der Waals surface area contributed by atoms with E-state index in [2.05, 4.69) is 5.32 Å². The molecule has 0 radical (unpaired) electrons. The summed E-state index contributed by atoms with van der Waals surface area (Å²) >= 11 is 0. The van der Waals surface area contributed by atoms with Crippen molar-refractivity contribution in [2.75, 3.05) is 24.6 Å². The Balaban J connectivity index is 1.89. The van der Waals surface area contributed by atoms with Gasteiger partial charge in [0.1, 0.15) is 5.75 Å². The Morgan fingerprint density at radius 3 is 2.86 bits per heavy atom. The Morgan fingerprint density at radius 1 is 1.43 bits per heavy atom. The number of fused-ring (bicyclic) bond motifs is 1. The highest BCUT2D eigenvalue weighted by Gasteiger charge is 2.25. The fourth-order valence-corrected chi connectivity index (χ4v) is 2.07. The molecular formula is C15H21N3O3. The van der Waals surface area contributed by atoms with Crippen molar-refractivity contribution < 1.29 is 14.3 Å². The second kappa shape index (κ2) is 6.13. The first-order valence-corrected chi connectivity index (χ1v) is 6.99. The molecule has 0 atom stereocenters. The highest BCUT2D eigenvalue weighted by atomic mass is 16.5. The number of carbonyl (C=O) groups is 2. The lowest BCUT2D eigenvalue weighted by molar-refractivity contribution is -0.125. The number of carbonyl (C=O) groups excluding carboxylic acids is 2. The van der Waals surface area contributed by atoms with Crippen LogP contribution in [0, 0.1) is 0 Å². The van der Waals surface area contributed by atoms with Crippen molar-refractivity contribution in [1.82, 2.24) is 5.32 Å². The van der Waals surface area contributed by atoms with Crippen LogP contribution in [0.1, 0.15) is 20.3 Å². The number of hydrogen-bond acceptors (Lipinski definition) is 4. The molecule has 0 aromatic heterocycles. The van der Waals surface area contributed by atoms with E-state index >= 15 is 0 Å². The van der Waals surface area contributed by atoms with Crippen LogP contribution in [0.2, 0.25) is 0 Å². The summed E-state index contributed by atoms with van der Waals surface area (Å²) in [6, 6.07) is 7.43. The second-order valence-corrected chi connectivity index (χ2v) is 5.63. The monoisotopic (exact) mass is 291 g/mol. The fourth-order valence-electron chi connectivity index (χ4n) is 2.07. The molecule has 0 bridgehead atoms. The van der Waals surface area contributed by atoms with E-state index in [-0.39, 0.29) is 18.4 Å². The van der Waals surface area contributed by atoms with Crippen LogP contribution < -0.4 is 20.7 Å². The number of anilines is 1. The Bertz CT molecular complexity index is 537. The summed E-state index contributed by atoms with van der Waals surface area (Å²) in [4.78, 5) is 25.3. The van der Waals surface area contributed by atoms with Crippen molar-refractivity contribution in [3.05, 3.63) is 24.3 Å². The quantitative estimate of drug-likeness (QED) is 0.780. The molecule has 0 saturated carbocycles. The van der Waals surface area contributed by atoms with Crippen molar-refractivity contribution in [3.63, 3.8) is 0 Å². The van der Waals surface area contributed by atoms with E-state index in [1.165, 1.54) is 0 Å². The summed E-state index contributed by atoms with van der Waals surface area (Å²) in [6.45, 7) is 4.38. The lowest BCUT2D eigenvalue weighted by Crippen LogP contribution is -2.49. The van der Waals surface area contributed by atoms with Gasteiger partial charge in [-0.3, -0.25) is 9.59 Å². The molecule has 0 spiro atoms. The normalized spacial score (nSPS) is 14.4. The molecule has 1 aromatic carbocycles. The minimum atomic E-state index is -0.888. The molecule has 1 aliphatic rings. The fraction of sp³-hybridized carbons (Fsp3) is 0.467. The minimum Gasteiger partial charge on any atom is -0.482 e. The molecule has 2 amide bonds. The number of nitrogens with two attached hydrogens (primary N) is 1.